The van der Waals surface area contributed by atoms with Gasteiger partial charge in [0.25, 0.3) is 0 Å². The Morgan fingerprint density at radius 3 is 2.43 bits per heavy atom. The summed E-state index contributed by atoms with van der Waals surface area (Å²) in [5, 5.41) is 14.0. The van der Waals surface area contributed by atoms with Gasteiger partial charge in [-0.1, -0.05) is 27.7 Å². The standard InChI is InChI=1S/C17H33NO3/c1-6-21-15(19)14-7-9-17(20,10-8-14)12-18-11-16(4,5)13(2)3/h13-14,18,20H,6-12H2,1-5H3. The number of carbonyl (C=O) groups excluding carboxylic acids is 1. The fraction of sp³-hybridized carbons (Fsp3) is 0.941. The van der Waals surface area contributed by atoms with Crippen molar-refractivity contribution in [2.45, 2.75) is 65.9 Å². The van der Waals surface area contributed by atoms with Crippen molar-refractivity contribution >= 4 is 5.97 Å². The third-order valence-electron chi connectivity index (χ3n) is 5.13. The SMILES string of the molecule is CCOC(=O)C1CCC(O)(CNCC(C)(C)C(C)C)CC1. The van der Waals surface area contributed by atoms with Gasteiger partial charge in [-0.3, -0.25) is 4.79 Å². The summed E-state index contributed by atoms with van der Waals surface area (Å²) < 4.78 is 5.07. The molecular formula is C17H33NO3. The third kappa shape index (κ3) is 5.59. The molecule has 0 aliphatic heterocycles. The Labute approximate surface area is 129 Å². The van der Waals surface area contributed by atoms with Crippen LogP contribution in [0.2, 0.25) is 0 Å². The Bertz CT molecular complexity index is 331. The summed E-state index contributed by atoms with van der Waals surface area (Å²) in [5.74, 6) is 0.463. The van der Waals surface area contributed by atoms with Crippen LogP contribution in [0.3, 0.4) is 0 Å². The molecule has 21 heavy (non-hydrogen) atoms. The molecule has 0 unspecified atom stereocenters. The molecule has 0 saturated heterocycles. The molecule has 1 aliphatic rings. The normalized spacial score (nSPS) is 26.9. The molecule has 0 aromatic rings. The first kappa shape index (κ1) is 18.4. The molecule has 1 saturated carbocycles. The molecule has 0 radical (unpaired) electrons. The lowest BCUT2D eigenvalue weighted by Gasteiger charge is -2.37. The Hall–Kier alpha value is -0.610. The van der Waals surface area contributed by atoms with Gasteiger partial charge in [-0.05, 0) is 43.9 Å². The maximum atomic E-state index is 11.7. The van der Waals surface area contributed by atoms with Crippen molar-refractivity contribution in [2.75, 3.05) is 19.7 Å². The van der Waals surface area contributed by atoms with Crippen molar-refractivity contribution in [1.82, 2.24) is 5.32 Å². The van der Waals surface area contributed by atoms with Crippen LogP contribution in [-0.4, -0.2) is 36.4 Å². The molecule has 124 valence electrons. The zero-order chi connectivity index (χ0) is 16.1. The summed E-state index contributed by atoms with van der Waals surface area (Å²) in [5.41, 5.74) is -0.450. The molecule has 0 aromatic heterocycles. The third-order valence-corrected chi connectivity index (χ3v) is 5.13. The second-order valence-corrected chi connectivity index (χ2v) is 7.50. The van der Waals surface area contributed by atoms with E-state index in [1.165, 1.54) is 0 Å². The summed E-state index contributed by atoms with van der Waals surface area (Å²) in [6.07, 6.45) is 2.80. The quantitative estimate of drug-likeness (QED) is 0.710. The average Bonchev–Trinajstić information content (AvgIpc) is 2.39. The van der Waals surface area contributed by atoms with Crippen LogP contribution in [0.4, 0.5) is 0 Å². The highest BCUT2D eigenvalue weighted by Gasteiger charge is 2.36. The molecule has 1 aliphatic carbocycles. The van der Waals surface area contributed by atoms with E-state index in [1.54, 1.807) is 0 Å². The molecule has 0 atom stereocenters. The number of hydrogen-bond acceptors (Lipinski definition) is 4. The van der Waals surface area contributed by atoms with E-state index in [2.05, 4.69) is 33.0 Å². The van der Waals surface area contributed by atoms with Gasteiger partial charge in [0.2, 0.25) is 0 Å². The lowest BCUT2D eigenvalue weighted by atomic mass is 9.78. The largest absolute Gasteiger partial charge is 0.466 e. The monoisotopic (exact) mass is 299 g/mol. The summed E-state index contributed by atoms with van der Waals surface area (Å²) in [6.45, 7) is 12.7. The number of esters is 1. The van der Waals surface area contributed by atoms with E-state index in [0.717, 1.165) is 19.4 Å². The van der Waals surface area contributed by atoms with Crippen LogP contribution in [0.15, 0.2) is 0 Å². The summed E-state index contributed by atoms with van der Waals surface area (Å²) >= 11 is 0. The molecule has 0 amide bonds. The van der Waals surface area contributed by atoms with Gasteiger partial charge < -0.3 is 15.2 Å². The number of hydrogen-bond donors (Lipinski definition) is 2. The topological polar surface area (TPSA) is 58.6 Å². The number of nitrogens with one attached hydrogen (secondary N) is 1. The maximum absolute atomic E-state index is 11.7. The van der Waals surface area contributed by atoms with Gasteiger partial charge >= 0.3 is 5.97 Å². The highest BCUT2D eigenvalue weighted by Crippen LogP contribution is 2.33. The minimum Gasteiger partial charge on any atom is -0.466 e. The number of aliphatic hydroxyl groups is 1. The first-order valence-electron chi connectivity index (χ1n) is 8.30. The maximum Gasteiger partial charge on any atom is 0.308 e. The Balaban J connectivity index is 2.36. The van der Waals surface area contributed by atoms with Crippen molar-refractivity contribution in [2.24, 2.45) is 17.3 Å². The number of rotatable bonds is 7. The van der Waals surface area contributed by atoms with E-state index in [-0.39, 0.29) is 17.3 Å². The lowest BCUT2D eigenvalue weighted by Crippen LogP contribution is -2.47. The first-order chi connectivity index (χ1) is 9.70. The van der Waals surface area contributed by atoms with E-state index in [4.69, 9.17) is 4.74 Å². The molecule has 0 bridgehead atoms. The van der Waals surface area contributed by atoms with Crippen molar-refractivity contribution in [3.05, 3.63) is 0 Å². The van der Waals surface area contributed by atoms with E-state index >= 15 is 0 Å². The van der Waals surface area contributed by atoms with Crippen LogP contribution in [0.25, 0.3) is 0 Å². The summed E-state index contributed by atoms with van der Waals surface area (Å²) in [7, 11) is 0. The second-order valence-electron chi connectivity index (χ2n) is 7.50. The fourth-order valence-electron chi connectivity index (χ4n) is 2.65. The predicted molar refractivity (Wildman–Crippen MR) is 85.0 cm³/mol. The van der Waals surface area contributed by atoms with Crippen LogP contribution in [0.1, 0.15) is 60.3 Å². The van der Waals surface area contributed by atoms with E-state index in [1.807, 2.05) is 6.92 Å². The van der Waals surface area contributed by atoms with Crippen molar-refractivity contribution < 1.29 is 14.6 Å². The molecule has 4 nitrogen and oxygen atoms in total. The van der Waals surface area contributed by atoms with Crippen molar-refractivity contribution in [1.29, 1.82) is 0 Å². The predicted octanol–water partition coefficient (Wildman–Crippen LogP) is 2.74. The smallest absolute Gasteiger partial charge is 0.308 e. The fourth-order valence-corrected chi connectivity index (χ4v) is 2.65. The summed E-state index contributed by atoms with van der Waals surface area (Å²) in [6, 6.07) is 0. The first-order valence-corrected chi connectivity index (χ1v) is 8.30. The van der Waals surface area contributed by atoms with Crippen LogP contribution < -0.4 is 5.32 Å². The van der Waals surface area contributed by atoms with Crippen LogP contribution in [0, 0.1) is 17.3 Å². The van der Waals surface area contributed by atoms with Crippen LogP contribution in [-0.2, 0) is 9.53 Å². The molecule has 0 aromatic carbocycles. The highest BCUT2D eigenvalue weighted by atomic mass is 16.5. The van der Waals surface area contributed by atoms with E-state index < -0.39 is 5.60 Å². The highest BCUT2D eigenvalue weighted by molar-refractivity contribution is 5.72. The molecule has 1 fully saturated rings. The second kappa shape index (κ2) is 7.59. The minimum absolute atomic E-state index is 0.0302. The van der Waals surface area contributed by atoms with Crippen LogP contribution >= 0.6 is 0 Å². The van der Waals surface area contributed by atoms with Gasteiger partial charge in [0.1, 0.15) is 0 Å². The minimum atomic E-state index is -0.671. The molecule has 2 N–H and O–H groups in total. The van der Waals surface area contributed by atoms with Crippen molar-refractivity contribution in [3.8, 4) is 0 Å². The van der Waals surface area contributed by atoms with Gasteiger partial charge in [-0.2, -0.15) is 0 Å². The average molecular weight is 299 g/mol. The van der Waals surface area contributed by atoms with Gasteiger partial charge in [0.15, 0.2) is 0 Å². The van der Waals surface area contributed by atoms with E-state index in [0.29, 0.717) is 31.9 Å². The van der Waals surface area contributed by atoms with Crippen molar-refractivity contribution in [3.63, 3.8) is 0 Å². The zero-order valence-electron chi connectivity index (χ0n) is 14.4. The molecule has 0 heterocycles. The zero-order valence-corrected chi connectivity index (χ0v) is 14.4. The Kier molecular flexibility index (Phi) is 6.67. The molecule has 1 rings (SSSR count). The summed E-state index contributed by atoms with van der Waals surface area (Å²) in [4.78, 5) is 11.7. The Morgan fingerprint density at radius 2 is 1.95 bits per heavy atom. The lowest BCUT2D eigenvalue weighted by molar-refractivity contribution is -0.151. The van der Waals surface area contributed by atoms with Gasteiger partial charge in [-0.15, -0.1) is 0 Å². The molecule has 0 spiro atoms. The van der Waals surface area contributed by atoms with Gasteiger partial charge in [-0.25, -0.2) is 0 Å². The number of carbonyl (C=O) groups is 1. The Morgan fingerprint density at radius 1 is 1.38 bits per heavy atom. The molecule has 4 heteroatoms. The van der Waals surface area contributed by atoms with Crippen LogP contribution in [0.5, 0.6) is 0 Å². The van der Waals surface area contributed by atoms with Gasteiger partial charge in [0, 0.05) is 13.1 Å². The van der Waals surface area contributed by atoms with E-state index in [9.17, 15) is 9.90 Å². The molecular weight excluding hydrogens is 266 g/mol. The number of ether oxygens (including phenoxy) is 1. The van der Waals surface area contributed by atoms with Gasteiger partial charge in [0.05, 0.1) is 18.1 Å².